The maximum atomic E-state index is 2.83. The molecule has 0 spiro atoms. The van der Waals surface area contributed by atoms with Crippen molar-refractivity contribution in [3.63, 3.8) is 0 Å². The van der Waals surface area contributed by atoms with E-state index in [4.69, 9.17) is 0 Å². The van der Waals surface area contributed by atoms with Crippen LogP contribution >= 0.6 is 7.92 Å². The quantitative estimate of drug-likeness (QED) is 0.274. The summed E-state index contributed by atoms with van der Waals surface area (Å²) in [4.78, 5) is 0. The molecule has 0 heterocycles. The van der Waals surface area contributed by atoms with Crippen molar-refractivity contribution in [3.8, 4) is 0 Å². The third-order valence-electron chi connectivity index (χ3n) is 10.6. The molecule has 3 saturated carbocycles. The second-order valence-electron chi connectivity index (χ2n) is 11.8. The van der Waals surface area contributed by atoms with E-state index < -0.39 is 0 Å². The predicted octanol–water partition coefficient (Wildman–Crippen LogP) is 9.77. The van der Waals surface area contributed by atoms with Gasteiger partial charge in [0.15, 0.2) is 0 Å². The van der Waals surface area contributed by atoms with Gasteiger partial charge in [0.2, 0.25) is 0 Å². The van der Waals surface area contributed by atoms with Gasteiger partial charge in [-0.1, -0.05) is 84.3 Å². The van der Waals surface area contributed by atoms with Crippen molar-refractivity contribution in [2.75, 3.05) is 0 Å². The summed E-state index contributed by atoms with van der Waals surface area (Å²) in [6.07, 6.45) is 21.3. The second kappa shape index (κ2) is 10.3. The fourth-order valence-electron chi connectivity index (χ4n) is 8.53. The van der Waals surface area contributed by atoms with Crippen LogP contribution in [-0.2, 0) is 16.5 Å². The van der Waals surface area contributed by atoms with Crippen molar-refractivity contribution in [2.45, 2.75) is 148 Å². The molecule has 31 heavy (non-hydrogen) atoms. The van der Waals surface area contributed by atoms with Crippen molar-refractivity contribution in [2.24, 2.45) is 11.3 Å². The van der Waals surface area contributed by atoms with Crippen LogP contribution in [0.1, 0.15) is 131 Å². The fraction of sp³-hybridized carbons (Fsp3) is 0.862. The van der Waals surface area contributed by atoms with E-state index in [0.29, 0.717) is 10.6 Å². The number of allylic oxidation sites excluding steroid dienone is 4. The molecule has 2 atom stereocenters. The molecule has 0 nitrogen and oxygen atoms in total. The van der Waals surface area contributed by atoms with Gasteiger partial charge < -0.3 is 0 Å². The predicted molar refractivity (Wildman–Crippen MR) is 136 cm³/mol. The maximum absolute atomic E-state index is 2.83. The standard InChI is InChI=1S/C29H49P.Ni/c1-21-22(2)24(4)29(6,23(21)3)27-19-13-14-20-28(27,5)30(25-15-9-7-10-16-25)26-17-11-8-12-18-26;/h25-27H,7-20H2,1-6H3;. The van der Waals surface area contributed by atoms with E-state index in [2.05, 4.69) is 41.5 Å². The van der Waals surface area contributed by atoms with Crippen molar-refractivity contribution in [1.29, 1.82) is 0 Å². The zero-order chi connectivity index (χ0) is 21.5. The van der Waals surface area contributed by atoms with Gasteiger partial charge in [-0.25, -0.2) is 0 Å². The molecule has 0 radical (unpaired) electrons. The molecule has 0 bridgehead atoms. The normalized spacial score (nSPS) is 33.2. The van der Waals surface area contributed by atoms with Crippen LogP contribution in [0.25, 0.3) is 0 Å². The number of rotatable bonds is 4. The summed E-state index contributed by atoms with van der Waals surface area (Å²) in [5.74, 6) is 0.862. The Bertz CT molecular complexity index is 650. The minimum absolute atomic E-state index is 0. The largest absolute Gasteiger partial charge is 0.0939 e. The molecule has 0 aromatic carbocycles. The Morgan fingerprint density at radius 1 is 0.613 bits per heavy atom. The molecule has 4 rings (SSSR count). The molecule has 180 valence electrons. The molecule has 0 aromatic heterocycles. The third-order valence-corrected chi connectivity index (χ3v) is 15.0. The van der Waals surface area contributed by atoms with E-state index in [1.165, 1.54) is 64.2 Å². The van der Waals surface area contributed by atoms with Crippen LogP contribution in [0.3, 0.4) is 0 Å². The Morgan fingerprint density at radius 3 is 1.48 bits per heavy atom. The maximum Gasteiger partial charge on any atom is 0.0135 e. The molecule has 4 aliphatic carbocycles. The monoisotopic (exact) mass is 486 g/mol. The Morgan fingerprint density at radius 2 is 1.03 bits per heavy atom. The first-order valence-electron chi connectivity index (χ1n) is 13.5. The summed E-state index contributed by atoms with van der Waals surface area (Å²) in [6.45, 7) is 15.3. The van der Waals surface area contributed by atoms with Crippen molar-refractivity contribution < 1.29 is 16.5 Å². The molecule has 0 aliphatic heterocycles. The molecular weight excluding hydrogens is 438 g/mol. The van der Waals surface area contributed by atoms with Crippen LogP contribution in [0.15, 0.2) is 22.3 Å². The first-order chi connectivity index (χ1) is 14.3. The molecule has 3 fully saturated rings. The first kappa shape index (κ1) is 26.0. The summed E-state index contributed by atoms with van der Waals surface area (Å²) in [6, 6.07) is 0. The van der Waals surface area contributed by atoms with E-state index in [-0.39, 0.29) is 24.4 Å². The van der Waals surface area contributed by atoms with E-state index in [9.17, 15) is 0 Å². The first-order valence-corrected chi connectivity index (χ1v) is 14.9. The van der Waals surface area contributed by atoms with Crippen LogP contribution in [0, 0.1) is 11.3 Å². The van der Waals surface area contributed by atoms with Crippen LogP contribution in [-0.4, -0.2) is 16.5 Å². The molecular formula is C29H49NiP. The molecule has 0 amide bonds. The van der Waals surface area contributed by atoms with Crippen LogP contribution in [0.2, 0.25) is 0 Å². The Kier molecular flexibility index (Phi) is 8.68. The molecule has 4 aliphatic rings. The zero-order valence-corrected chi connectivity index (χ0v) is 23.3. The van der Waals surface area contributed by atoms with Crippen molar-refractivity contribution in [1.82, 2.24) is 0 Å². The number of hydrogen-bond acceptors (Lipinski definition) is 0. The minimum Gasteiger partial charge on any atom is -0.0939 e. The molecule has 2 heteroatoms. The minimum atomic E-state index is 0. The smallest absolute Gasteiger partial charge is 0.0135 e. The topological polar surface area (TPSA) is 0 Å². The van der Waals surface area contributed by atoms with E-state index in [1.54, 1.807) is 48.0 Å². The zero-order valence-electron chi connectivity index (χ0n) is 21.4. The van der Waals surface area contributed by atoms with Gasteiger partial charge in [0.05, 0.1) is 0 Å². The van der Waals surface area contributed by atoms with Gasteiger partial charge in [-0.3, -0.25) is 0 Å². The van der Waals surface area contributed by atoms with Gasteiger partial charge in [0, 0.05) is 21.9 Å². The van der Waals surface area contributed by atoms with Crippen LogP contribution < -0.4 is 0 Å². The fourth-order valence-corrected chi connectivity index (χ4v) is 13.8. The summed E-state index contributed by atoms with van der Waals surface area (Å²) >= 11 is 0. The SMILES string of the molecule is CC1=C(C)C(C)(C2CCCCC2(C)P(C2CCCCC2)C2CCCCC2)C(C)=C1C.[Ni]. The number of hydrogen-bond donors (Lipinski definition) is 0. The second-order valence-corrected chi connectivity index (χ2v) is 15.1. The van der Waals surface area contributed by atoms with E-state index in [1.807, 2.05) is 0 Å². The van der Waals surface area contributed by atoms with Gasteiger partial charge >= 0.3 is 0 Å². The van der Waals surface area contributed by atoms with Gasteiger partial charge in [-0.15, -0.1) is 0 Å². The van der Waals surface area contributed by atoms with Crippen molar-refractivity contribution >= 4 is 7.92 Å². The summed E-state index contributed by atoms with van der Waals surface area (Å²) in [5.41, 5.74) is 9.13. The van der Waals surface area contributed by atoms with Crippen molar-refractivity contribution in [3.05, 3.63) is 22.3 Å². The Labute approximate surface area is 205 Å². The van der Waals surface area contributed by atoms with Gasteiger partial charge in [-0.2, -0.15) is 0 Å². The molecule has 0 N–H and O–H groups in total. The summed E-state index contributed by atoms with van der Waals surface area (Å²) in [5, 5.41) is 0.583. The average molecular weight is 487 g/mol. The van der Waals surface area contributed by atoms with E-state index in [0.717, 1.165) is 17.2 Å². The van der Waals surface area contributed by atoms with Crippen LogP contribution in [0.4, 0.5) is 0 Å². The van der Waals surface area contributed by atoms with Gasteiger partial charge in [0.1, 0.15) is 0 Å². The summed E-state index contributed by atoms with van der Waals surface area (Å²) < 4.78 is 0. The van der Waals surface area contributed by atoms with Gasteiger partial charge in [0.25, 0.3) is 0 Å². The average Bonchev–Trinajstić information content (AvgIpc) is 2.91. The Balaban J connectivity index is 0.00000272. The molecule has 0 aromatic rings. The molecule has 2 unspecified atom stereocenters. The third kappa shape index (κ3) is 4.43. The molecule has 0 saturated heterocycles. The summed E-state index contributed by atoms with van der Waals surface area (Å²) in [7, 11) is 0.104. The Hall–Kier alpha value is 0.404. The van der Waals surface area contributed by atoms with E-state index >= 15 is 0 Å². The van der Waals surface area contributed by atoms with Gasteiger partial charge in [-0.05, 0) is 99.8 Å². The van der Waals surface area contributed by atoms with Crippen LogP contribution in [0.5, 0.6) is 0 Å².